The van der Waals surface area contributed by atoms with Crippen molar-refractivity contribution in [3.63, 3.8) is 0 Å². The summed E-state index contributed by atoms with van der Waals surface area (Å²) in [7, 11) is 2.36. The van der Waals surface area contributed by atoms with E-state index in [4.69, 9.17) is 0 Å². The minimum Gasteiger partial charge on any atom is -0.302 e. The van der Waals surface area contributed by atoms with Crippen LogP contribution in [0, 0.1) is 0 Å². The Kier molecular flexibility index (Phi) is 5.95. The molecule has 0 N–H and O–H groups in total. The molecule has 1 heterocycles. The molecule has 1 saturated heterocycles. The Labute approximate surface area is 194 Å². The number of rotatable bonds is 5. The quantitative estimate of drug-likeness (QED) is 0.440. The van der Waals surface area contributed by atoms with Gasteiger partial charge in [0, 0.05) is 17.4 Å². The molecule has 0 saturated carbocycles. The van der Waals surface area contributed by atoms with Gasteiger partial charge in [-0.1, -0.05) is 86.6 Å². The van der Waals surface area contributed by atoms with Gasteiger partial charge in [-0.3, -0.25) is 0 Å². The highest BCUT2D eigenvalue weighted by Crippen LogP contribution is 2.52. The first kappa shape index (κ1) is 21.5. The molecule has 0 spiro atoms. The number of hydrogen-bond acceptors (Lipinski definition) is 1. The Morgan fingerprint density at radius 1 is 0.875 bits per heavy atom. The Morgan fingerprint density at radius 3 is 2.47 bits per heavy atom. The average molecular weight is 424 g/mol. The lowest BCUT2D eigenvalue weighted by Crippen LogP contribution is -2.48. The summed E-state index contributed by atoms with van der Waals surface area (Å²) >= 11 is 0. The van der Waals surface area contributed by atoms with Crippen LogP contribution in [-0.2, 0) is 31.1 Å². The van der Waals surface area contributed by atoms with E-state index < -0.39 is 0 Å². The lowest BCUT2D eigenvalue weighted by Gasteiger charge is -2.48. The summed E-state index contributed by atoms with van der Waals surface area (Å²) in [5, 5.41) is 0. The van der Waals surface area contributed by atoms with Crippen LogP contribution in [0.1, 0.15) is 66.0 Å². The van der Waals surface area contributed by atoms with E-state index in [9.17, 15) is 0 Å². The Bertz CT molecular complexity index is 1070. The predicted octanol–water partition coefficient (Wildman–Crippen LogP) is 6.73. The second kappa shape index (κ2) is 8.87. The van der Waals surface area contributed by atoms with E-state index >= 15 is 0 Å². The minimum absolute atomic E-state index is 0.201. The fourth-order valence-electron chi connectivity index (χ4n) is 6.52. The third-order valence-electron chi connectivity index (χ3n) is 8.33. The summed E-state index contributed by atoms with van der Waals surface area (Å²) in [6.45, 7) is 6.06. The molecule has 1 heteroatoms. The molecule has 2 aliphatic rings. The third kappa shape index (κ3) is 3.92. The SMILES string of the molecule is CCc1ccc2c(c1)[C@@]1(C)CCCN(C)C(C2)[C@@H]1c1cccc(CCc2ccccc2)c1. The maximum atomic E-state index is 2.66. The summed E-state index contributed by atoms with van der Waals surface area (Å²) in [6.07, 6.45) is 7.06. The number of likely N-dealkylation sites (N-methyl/N-ethyl adjacent to an activating group) is 1. The van der Waals surface area contributed by atoms with Gasteiger partial charge in [0.25, 0.3) is 0 Å². The molecule has 166 valence electrons. The van der Waals surface area contributed by atoms with E-state index in [1.807, 2.05) is 0 Å². The maximum Gasteiger partial charge on any atom is 0.0210 e. The molecule has 2 bridgehead atoms. The largest absolute Gasteiger partial charge is 0.302 e. The molecule has 3 aromatic carbocycles. The van der Waals surface area contributed by atoms with Gasteiger partial charge < -0.3 is 4.90 Å². The molecule has 3 atom stereocenters. The van der Waals surface area contributed by atoms with Crippen LogP contribution in [0.2, 0.25) is 0 Å². The van der Waals surface area contributed by atoms with E-state index in [1.54, 1.807) is 16.7 Å². The molecular formula is C31H37N. The van der Waals surface area contributed by atoms with Gasteiger partial charge in [0.15, 0.2) is 0 Å². The fraction of sp³-hybridized carbons (Fsp3) is 0.419. The van der Waals surface area contributed by atoms with Crippen molar-refractivity contribution in [3.05, 3.63) is 106 Å². The lowest BCUT2D eigenvalue weighted by atomic mass is 9.58. The summed E-state index contributed by atoms with van der Waals surface area (Å²) in [5.74, 6) is 0.547. The zero-order valence-electron chi connectivity index (χ0n) is 20.0. The van der Waals surface area contributed by atoms with Crippen LogP contribution in [0.4, 0.5) is 0 Å². The van der Waals surface area contributed by atoms with Crippen LogP contribution in [0.25, 0.3) is 0 Å². The molecule has 5 rings (SSSR count). The van der Waals surface area contributed by atoms with Crippen LogP contribution in [0.15, 0.2) is 72.8 Å². The van der Waals surface area contributed by atoms with Crippen molar-refractivity contribution in [1.29, 1.82) is 0 Å². The average Bonchev–Trinajstić information content (AvgIpc) is 2.92. The van der Waals surface area contributed by atoms with Crippen molar-refractivity contribution < 1.29 is 0 Å². The number of fused-ring (bicyclic) bond motifs is 4. The van der Waals surface area contributed by atoms with E-state index in [0.717, 1.165) is 19.3 Å². The van der Waals surface area contributed by atoms with E-state index in [2.05, 4.69) is 98.6 Å². The maximum absolute atomic E-state index is 2.66. The molecule has 1 aliphatic carbocycles. The Hall–Kier alpha value is -2.38. The molecule has 1 unspecified atom stereocenters. The second-order valence-electron chi connectivity index (χ2n) is 10.3. The van der Waals surface area contributed by atoms with Crippen molar-refractivity contribution in [2.24, 2.45) is 0 Å². The van der Waals surface area contributed by atoms with Crippen molar-refractivity contribution in [2.75, 3.05) is 13.6 Å². The van der Waals surface area contributed by atoms with Gasteiger partial charge in [0.05, 0.1) is 0 Å². The molecule has 1 fully saturated rings. The standard InChI is InChI=1S/C31H37N/c1-4-23-16-17-26-22-29-30(31(2,28(26)21-23)18-9-19-32(29)3)27-13-8-12-25(20-27)15-14-24-10-6-5-7-11-24/h5-8,10-13,16-17,20-21,29-30H,4,9,14-15,18-19,22H2,1-3H3/t29?,30-,31+/m0/s1. The zero-order chi connectivity index (χ0) is 22.1. The first-order valence-electron chi connectivity index (χ1n) is 12.5. The Balaban J connectivity index is 1.52. The molecule has 32 heavy (non-hydrogen) atoms. The van der Waals surface area contributed by atoms with Gasteiger partial charge in [-0.2, -0.15) is 0 Å². The number of nitrogens with zero attached hydrogens (tertiary/aromatic N) is 1. The normalized spacial score (nSPS) is 25.2. The summed E-state index contributed by atoms with van der Waals surface area (Å²) in [6, 6.07) is 28.4. The predicted molar refractivity (Wildman–Crippen MR) is 136 cm³/mol. The Morgan fingerprint density at radius 2 is 1.66 bits per heavy atom. The second-order valence-corrected chi connectivity index (χ2v) is 10.3. The van der Waals surface area contributed by atoms with Crippen LogP contribution in [0.3, 0.4) is 0 Å². The van der Waals surface area contributed by atoms with Gasteiger partial charge >= 0.3 is 0 Å². The molecule has 0 aromatic heterocycles. The molecule has 0 amide bonds. The van der Waals surface area contributed by atoms with E-state index in [1.165, 1.54) is 42.5 Å². The van der Waals surface area contributed by atoms with Crippen molar-refractivity contribution in [2.45, 2.75) is 69.7 Å². The topological polar surface area (TPSA) is 3.24 Å². The number of hydrogen-bond donors (Lipinski definition) is 0. The summed E-state index contributed by atoms with van der Waals surface area (Å²) < 4.78 is 0. The summed E-state index contributed by atoms with van der Waals surface area (Å²) in [5.41, 5.74) is 9.34. The highest BCUT2D eigenvalue weighted by molar-refractivity contribution is 5.47. The van der Waals surface area contributed by atoms with Gasteiger partial charge in [0.1, 0.15) is 0 Å². The van der Waals surface area contributed by atoms with Crippen LogP contribution in [-0.4, -0.2) is 24.5 Å². The molecule has 3 aromatic rings. The van der Waals surface area contributed by atoms with Crippen molar-refractivity contribution >= 4 is 0 Å². The smallest absolute Gasteiger partial charge is 0.0210 e. The molecule has 1 aliphatic heterocycles. The van der Waals surface area contributed by atoms with Gasteiger partial charge in [-0.15, -0.1) is 0 Å². The van der Waals surface area contributed by atoms with Crippen LogP contribution >= 0.6 is 0 Å². The van der Waals surface area contributed by atoms with Gasteiger partial charge in [0.2, 0.25) is 0 Å². The minimum atomic E-state index is 0.201. The lowest BCUT2D eigenvalue weighted by molar-refractivity contribution is 0.181. The highest BCUT2D eigenvalue weighted by Gasteiger charge is 2.48. The summed E-state index contributed by atoms with van der Waals surface area (Å²) in [4.78, 5) is 2.66. The molecule has 1 nitrogen and oxygen atoms in total. The first-order valence-corrected chi connectivity index (χ1v) is 12.5. The zero-order valence-corrected chi connectivity index (χ0v) is 20.0. The molecule has 0 radical (unpaired) electrons. The van der Waals surface area contributed by atoms with E-state index in [0.29, 0.717) is 12.0 Å². The third-order valence-corrected chi connectivity index (χ3v) is 8.33. The van der Waals surface area contributed by atoms with Crippen LogP contribution in [0.5, 0.6) is 0 Å². The monoisotopic (exact) mass is 423 g/mol. The molecular weight excluding hydrogens is 386 g/mol. The first-order chi connectivity index (χ1) is 15.6. The number of likely N-dealkylation sites (tertiary alicyclic amines) is 1. The van der Waals surface area contributed by atoms with E-state index in [-0.39, 0.29) is 5.41 Å². The van der Waals surface area contributed by atoms with Crippen molar-refractivity contribution in [1.82, 2.24) is 4.90 Å². The van der Waals surface area contributed by atoms with Crippen molar-refractivity contribution in [3.8, 4) is 0 Å². The van der Waals surface area contributed by atoms with Gasteiger partial charge in [-0.25, -0.2) is 0 Å². The van der Waals surface area contributed by atoms with Crippen LogP contribution < -0.4 is 0 Å². The number of benzene rings is 3. The van der Waals surface area contributed by atoms with Gasteiger partial charge in [-0.05, 0) is 85.5 Å². The highest BCUT2D eigenvalue weighted by atomic mass is 15.1. The number of aryl methyl sites for hydroxylation is 3. The fourth-order valence-corrected chi connectivity index (χ4v) is 6.52.